The molecule has 0 radical (unpaired) electrons. The van der Waals surface area contributed by atoms with Gasteiger partial charge in [0, 0.05) is 20.0 Å². The van der Waals surface area contributed by atoms with Crippen LogP contribution in [-0.2, 0) is 4.79 Å². The Labute approximate surface area is 75.3 Å². The normalized spacial score (nSPS) is 11.4. The number of rotatable bonds is 6. The van der Waals surface area contributed by atoms with E-state index in [1.807, 2.05) is 0 Å². The summed E-state index contributed by atoms with van der Waals surface area (Å²) in [6.45, 7) is 0.164. The number of hydrogen-bond donors (Lipinski definition) is 3. The number of alkyl halides is 2. The summed E-state index contributed by atoms with van der Waals surface area (Å²) in [5.41, 5.74) is 0. The zero-order valence-electron chi connectivity index (χ0n) is 7.44. The van der Waals surface area contributed by atoms with Gasteiger partial charge in [-0.25, -0.2) is 8.78 Å². The van der Waals surface area contributed by atoms with E-state index in [0.717, 1.165) is 0 Å². The van der Waals surface area contributed by atoms with Gasteiger partial charge in [0.25, 0.3) is 5.92 Å². The molecule has 0 spiro atoms. The topological polar surface area (TPSA) is 61.4 Å². The first-order valence-corrected chi connectivity index (χ1v) is 3.92. The van der Waals surface area contributed by atoms with Crippen molar-refractivity contribution in [2.24, 2.45) is 0 Å². The summed E-state index contributed by atoms with van der Waals surface area (Å²) in [6, 6.07) is 0. The highest BCUT2D eigenvalue weighted by Crippen LogP contribution is 2.08. The minimum Gasteiger partial charge on any atom is -0.390 e. The summed E-state index contributed by atoms with van der Waals surface area (Å²) in [6.07, 6.45) is 0. The molecule has 0 saturated heterocycles. The van der Waals surface area contributed by atoms with Crippen molar-refractivity contribution in [3.05, 3.63) is 0 Å². The van der Waals surface area contributed by atoms with Gasteiger partial charge in [0.1, 0.15) is 6.61 Å². The highest BCUT2D eigenvalue weighted by molar-refractivity contribution is 5.72. The second kappa shape index (κ2) is 5.82. The largest absolute Gasteiger partial charge is 0.390 e. The second-order valence-corrected chi connectivity index (χ2v) is 2.67. The van der Waals surface area contributed by atoms with Crippen LogP contribution in [0.15, 0.2) is 0 Å². The average Bonchev–Trinajstić information content (AvgIpc) is 2.03. The number of aliphatic hydroxyl groups excluding tert-OH is 1. The summed E-state index contributed by atoms with van der Waals surface area (Å²) in [4.78, 5) is 10.3. The third-order valence-electron chi connectivity index (χ3n) is 1.29. The van der Waals surface area contributed by atoms with Crippen molar-refractivity contribution in [3.8, 4) is 0 Å². The number of carbonyl (C=O) groups is 1. The molecule has 0 rings (SSSR count). The molecule has 78 valence electrons. The molecular formula is C7H14F2N2O2. The number of carbonyl (C=O) groups excluding carboxylic acids is 1. The van der Waals surface area contributed by atoms with E-state index in [-0.39, 0.29) is 12.5 Å². The van der Waals surface area contributed by atoms with Crippen LogP contribution in [0.4, 0.5) is 8.78 Å². The van der Waals surface area contributed by atoms with Gasteiger partial charge in [-0.05, 0) is 0 Å². The quantitative estimate of drug-likeness (QED) is 0.494. The predicted molar refractivity (Wildman–Crippen MR) is 43.6 cm³/mol. The second-order valence-electron chi connectivity index (χ2n) is 2.67. The first-order valence-electron chi connectivity index (χ1n) is 3.92. The van der Waals surface area contributed by atoms with E-state index in [1.165, 1.54) is 6.92 Å². The van der Waals surface area contributed by atoms with Crippen molar-refractivity contribution in [2.75, 3.05) is 26.2 Å². The fourth-order valence-corrected chi connectivity index (χ4v) is 0.654. The van der Waals surface area contributed by atoms with Crippen LogP contribution in [0.2, 0.25) is 0 Å². The summed E-state index contributed by atoms with van der Waals surface area (Å²) in [5, 5.41) is 13.0. The Morgan fingerprint density at radius 2 is 2.08 bits per heavy atom. The minimum atomic E-state index is -3.09. The van der Waals surface area contributed by atoms with Gasteiger partial charge in [-0.1, -0.05) is 0 Å². The molecule has 13 heavy (non-hydrogen) atoms. The van der Waals surface area contributed by atoms with E-state index in [2.05, 4.69) is 10.6 Å². The lowest BCUT2D eigenvalue weighted by Crippen LogP contribution is -2.39. The Balaban J connectivity index is 3.30. The van der Waals surface area contributed by atoms with Gasteiger partial charge in [-0.15, -0.1) is 0 Å². The molecule has 0 unspecified atom stereocenters. The summed E-state index contributed by atoms with van der Waals surface area (Å²) in [7, 11) is 0. The van der Waals surface area contributed by atoms with E-state index in [9.17, 15) is 13.6 Å². The van der Waals surface area contributed by atoms with Crippen molar-refractivity contribution in [1.82, 2.24) is 10.6 Å². The van der Waals surface area contributed by atoms with Crippen LogP contribution in [0.1, 0.15) is 6.92 Å². The molecule has 0 aliphatic carbocycles. The fraction of sp³-hybridized carbons (Fsp3) is 0.857. The Morgan fingerprint density at radius 1 is 1.46 bits per heavy atom. The zero-order chi connectivity index (χ0) is 10.3. The molecule has 1 amide bonds. The predicted octanol–water partition coefficient (Wildman–Crippen LogP) is -0.660. The lowest BCUT2D eigenvalue weighted by molar-refractivity contribution is -0.118. The average molecular weight is 196 g/mol. The molecule has 0 atom stereocenters. The van der Waals surface area contributed by atoms with E-state index in [1.54, 1.807) is 0 Å². The fourth-order valence-electron chi connectivity index (χ4n) is 0.654. The molecule has 3 N–H and O–H groups in total. The zero-order valence-corrected chi connectivity index (χ0v) is 7.44. The molecule has 0 fully saturated rings. The minimum absolute atomic E-state index is 0.198. The van der Waals surface area contributed by atoms with Crippen LogP contribution in [0.5, 0.6) is 0 Å². The van der Waals surface area contributed by atoms with Crippen LogP contribution in [0.3, 0.4) is 0 Å². The number of nitrogens with one attached hydrogen (secondary N) is 2. The summed E-state index contributed by atoms with van der Waals surface area (Å²) < 4.78 is 24.7. The Bertz CT molecular complexity index is 165. The van der Waals surface area contributed by atoms with Crippen molar-refractivity contribution < 1.29 is 18.7 Å². The first kappa shape index (κ1) is 12.2. The van der Waals surface area contributed by atoms with Crippen molar-refractivity contribution >= 4 is 5.91 Å². The third kappa shape index (κ3) is 7.61. The van der Waals surface area contributed by atoms with Gasteiger partial charge in [-0.2, -0.15) is 0 Å². The standard InChI is InChI=1S/C7H14F2N2O2/c1-6(13)11-3-2-10-4-7(8,9)5-12/h10,12H,2-5H2,1H3,(H,11,13). The summed E-state index contributed by atoms with van der Waals surface area (Å²) in [5.74, 6) is -3.29. The molecule has 0 bridgehead atoms. The maximum absolute atomic E-state index is 12.3. The van der Waals surface area contributed by atoms with Crippen molar-refractivity contribution in [2.45, 2.75) is 12.8 Å². The smallest absolute Gasteiger partial charge is 0.282 e. The SMILES string of the molecule is CC(=O)NCCNCC(F)(F)CO. The molecule has 0 aliphatic rings. The lowest BCUT2D eigenvalue weighted by Gasteiger charge is -2.13. The maximum atomic E-state index is 12.3. The third-order valence-corrected chi connectivity index (χ3v) is 1.29. The van der Waals surface area contributed by atoms with Gasteiger partial charge >= 0.3 is 0 Å². The van der Waals surface area contributed by atoms with Gasteiger partial charge in [0.05, 0.1) is 6.54 Å². The molecule has 6 heteroatoms. The van der Waals surface area contributed by atoms with Crippen LogP contribution in [0.25, 0.3) is 0 Å². The number of amides is 1. The highest BCUT2D eigenvalue weighted by atomic mass is 19.3. The van der Waals surface area contributed by atoms with Gasteiger partial charge in [0.2, 0.25) is 5.91 Å². The van der Waals surface area contributed by atoms with Gasteiger partial charge < -0.3 is 15.7 Å². The Morgan fingerprint density at radius 3 is 2.54 bits per heavy atom. The van der Waals surface area contributed by atoms with Crippen LogP contribution >= 0.6 is 0 Å². The molecule has 0 aromatic carbocycles. The van der Waals surface area contributed by atoms with Crippen molar-refractivity contribution in [3.63, 3.8) is 0 Å². The van der Waals surface area contributed by atoms with E-state index >= 15 is 0 Å². The Kier molecular flexibility index (Phi) is 5.48. The van der Waals surface area contributed by atoms with Gasteiger partial charge in [-0.3, -0.25) is 4.79 Å². The summed E-state index contributed by atoms with van der Waals surface area (Å²) >= 11 is 0. The van der Waals surface area contributed by atoms with Crippen molar-refractivity contribution in [1.29, 1.82) is 0 Å². The molecule has 4 nitrogen and oxygen atoms in total. The van der Waals surface area contributed by atoms with Crippen LogP contribution in [-0.4, -0.2) is 43.2 Å². The monoisotopic (exact) mass is 196 g/mol. The van der Waals surface area contributed by atoms with Crippen LogP contribution in [0, 0.1) is 0 Å². The number of halogens is 2. The van der Waals surface area contributed by atoms with Crippen LogP contribution < -0.4 is 10.6 Å². The van der Waals surface area contributed by atoms with Gasteiger partial charge in [0.15, 0.2) is 0 Å². The number of hydrogen-bond acceptors (Lipinski definition) is 3. The maximum Gasteiger partial charge on any atom is 0.282 e. The molecule has 0 aromatic rings. The molecular weight excluding hydrogens is 182 g/mol. The number of aliphatic hydroxyl groups is 1. The first-order chi connectivity index (χ1) is 5.98. The van der Waals surface area contributed by atoms with E-state index in [0.29, 0.717) is 6.54 Å². The Hall–Kier alpha value is -0.750. The highest BCUT2D eigenvalue weighted by Gasteiger charge is 2.26. The molecule has 0 saturated carbocycles. The van der Waals surface area contributed by atoms with E-state index in [4.69, 9.17) is 5.11 Å². The molecule has 0 aliphatic heterocycles. The molecule has 0 aromatic heterocycles. The molecule has 0 heterocycles. The lowest BCUT2D eigenvalue weighted by atomic mass is 10.3. The van der Waals surface area contributed by atoms with E-state index < -0.39 is 19.1 Å².